The number of unbranched alkanes of at least 4 members (excludes halogenated alkanes) is 1. The minimum Gasteiger partial charge on any atom is -0.462 e. The fraction of sp³-hybridized carbons (Fsp3) is 0.900. The summed E-state index contributed by atoms with van der Waals surface area (Å²) >= 11 is 0. The topological polar surface area (TPSA) is 26.3 Å². The van der Waals surface area contributed by atoms with E-state index in [1.165, 1.54) is 12.8 Å². The van der Waals surface area contributed by atoms with Crippen LogP contribution in [-0.4, -0.2) is 12.1 Å². The second-order valence-electron chi connectivity index (χ2n) is 3.80. The van der Waals surface area contributed by atoms with E-state index >= 15 is 0 Å². The van der Waals surface area contributed by atoms with Crippen LogP contribution >= 0.6 is 0 Å². The van der Waals surface area contributed by atoms with Crippen molar-refractivity contribution in [3.8, 4) is 0 Å². The second-order valence-corrected chi connectivity index (χ2v) is 3.80. The molecule has 1 heterocycles. The van der Waals surface area contributed by atoms with E-state index in [2.05, 4.69) is 13.8 Å². The number of carbonyl (C=O) groups excluding carboxylic acids is 1. The Balaban J connectivity index is 2.29. The molecule has 1 aliphatic heterocycles. The van der Waals surface area contributed by atoms with Gasteiger partial charge in [0.1, 0.15) is 6.10 Å². The van der Waals surface area contributed by atoms with Gasteiger partial charge in [-0.25, -0.2) is 0 Å². The molecule has 70 valence electrons. The van der Waals surface area contributed by atoms with Gasteiger partial charge in [-0.1, -0.05) is 26.7 Å². The normalized spacial score (nSPS) is 30.0. The number of cyclic esters (lactones) is 1. The Morgan fingerprint density at radius 2 is 2.33 bits per heavy atom. The summed E-state index contributed by atoms with van der Waals surface area (Å²) in [5, 5.41) is 0. The fourth-order valence-electron chi connectivity index (χ4n) is 1.71. The number of hydrogen-bond donors (Lipinski definition) is 0. The predicted octanol–water partition coefficient (Wildman–Crippen LogP) is 2.52. The SMILES string of the molecule is CCCCC1CC(C)CC(=O)O1. The summed E-state index contributed by atoms with van der Waals surface area (Å²) in [6.07, 6.45) is 5.29. The van der Waals surface area contributed by atoms with Crippen molar-refractivity contribution in [2.24, 2.45) is 5.92 Å². The minimum atomic E-state index is -0.00477. The van der Waals surface area contributed by atoms with Crippen LogP contribution in [0.3, 0.4) is 0 Å². The molecule has 0 amide bonds. The van der Waals surface area contributed by atoms with Crippen LogP contribution in [0, 0.1) is 5.92 Å². The van der Waals surface area contributed by atoms with Gasteiger partial charge in [0.25, 0.3) is 0 Å². The van der Waals surface area contributed by atoms with Gasteiger partial charge < -0.3 is 4.74 Å². The standard InChI is InChI=1S/C10H18O2/c1-3-4-5-9-6-8(2)7-10(11)12-9/h8-9H,3-7H2,1-2H3. The van der Waals surface area contributed by atoms with E-state index in [4.69, 9.17) is 4.74 Å². The lowest BCUT2D eigenvalue weighted by Crippen LogP contribution is -2.28. The molecule has 1 aliphatic rings. The quantitative estimate of drug-likeness (QED) is 0.608. The molecule has 0 aromatic carbocycles. The first-order chi connectivity index (χ1) is 5.72. The van der Waals surface area contributed by atoms with Gasteiger partial charge in [-0.05, 0) is 18.8 Å². The summed E-state index contributed by atoms with van der Waals surface area (Å²) in [6.45, 7) is 4.29. The maximum absolute atomic E-state index is 11.0. The molecule has 12 heavy (non-hydrogen) atoms. The molecule has 0 aliphatic carbocycles. The molecule has 2 heteroatoms. The smallest absolute Gasteiger partial charge is 0.306 e. The number of ether oxygens (including phenoxy) is 1. The van der Waals surface area contributed by atoms with Crippen LogP contribution in [0.4, 0.5) is 0 Å². The Morgan fingerprint density at radius 3 is 2.92 bits per heavy atom. The average Bonchev–Trinajstić information content (AvgIpc) is 1.99. The van der Waals surface area contributed by atoms with E-state index in [0.717, 1.165) is 12.8 Å². The number of carbonyl (C=O) groups is 1. The largest absolute Gasteiger partial charge is 0.462 e. The van der Waals surface area contributed by atoms with Crippen molar-refractivity contribution in [1.29, 1.82) is 0 Å². The van der Waals surface area contributed by atoms with Gasteiger partial charge in [0.15, 0.2) is 0 Å². The lowest BCUT2D eigenvalue weighted by atomic mass is 9.94. The molecule has 2 nitrogen and oxygen atoms in total. The van der Waals surface area contributed by atoms with Crippen molar-refractivity contribution in [3.05, 3.63) is 0 Å². The lowest BCUT2D eigenvalue weighted by Gasteiger charge is -2.26. The monoisotopic (exact) mass is 170 g/mol. The average molecular weight is 170 g/mol. The molecule has 1 saturated heterocycles. The van der Waals surface area contributed by atoms with E-state index in [1.54, 1.807) is 0 Å². The molecular formula is C10H18O2. The van der Waals surface area contributed by atoms with Crippen molar-refractivity contribution in [2.75, 3.05) is 0 Å². The number of esters is 1. The summed E-state index contributed by atoms with van der Waals surface area (Å²) in [6, 6.07) is 0. The van der Waals surface area contributed by atoms with Gasteiger partial charge in [0.05, 0.1) is 0 Å². The van der Waals surface area contributed by atoms with Crippen LogP contribution < -0.4 is 0 Å². The first kappa shape index (κ1) is 9.56. The van der Waals surface area contributed by atoms with E-state index in [-0.39, 0.29) is 12.1 Å². The molecule has 0 radical (unpaired) electrons. The van der Waals surface area contributed by atoms with Gasteiger partial charge in [-0.3, -0.25) is 4.79 Å². The maximum Gasteiger partial charge on any atom is 0.306 e. The van der Waals surface area contributed by atoms with Crippen molar-refractivity contribution in [1.82, 2.24) is 0 Å². The molecule has 2 unspecified atom stereocenters. The lowest BCUT2D eigenvalue weighted by molar-refractivity contribution is -0.156. The minimum absolute atomic E-state index is 0.00477. The van der Waals surface area contributed by atoms with Crippen LogP contribution in [0.15, 0.2) is 0 Å². The molecule has 2 atom stereocenters. The zero-order valence-electron chi connectivity index (χ0n) is 8.01. The van der Waals surface area contributed by atoms with Gasteiger partial charge in [0.2, 0.25) is 0 Å². The molecule has 0 aromatic rings. The molecule has 0 bridgehead atoms. The summed E-state index contributed by atoms with van der Waals surface area (Å²) in [7, 11) is 0. The highest BCUT2D eigenvalue weighted by molar-refractivity contribution is 5.70. The van der Waals surface area contributed by atoms with E-state index in [9.17, 15) is 4.79 Å². The zero-order chi connectivity index (χ0) is 8.97. The Kier molecular flexibility index (Phi) is 3.57. The van der Waals surface area contributed by atoms with Crippen molar-refractivity contribution in [2.45, 2.75) is 52.1 Å². The highest BCUT2D eigenvalue weighted by Crippen LogP contribution is 2.23. The van der Waals surface area contributed by atoms with Gasteiger partial charge in [-0.2, -0.15) is 0 Å². The number of hydrogen-bond acceptors (Lipinski definition) is 2. The first-order valence-electron chi connectivity index (χ1n) is 4.91. The summed E-state index contributed by atoms with van der Waals surface area (Å²) in [5.74, 6) is 0.517. The fourth-order valence-corrected chi connectivity index (χ4v) is 1.71. The Bertz CT molecular complexity index is 154. The Morgan fingerprint density at radius 1 is 1.58 bits per heavy atom. The molecule has 0 aromatic heterocycles. The van der Waals surface area contributed by atoms with Gasteiger partial charge in [-0.15, -0.1) is 0 Å². The van der Waals surface area contributed by atoms with Crippen molar-refractivity contribution in [3.63, 3.8) is 0 Å². The van der Waals surface area contributed by atoms with Crippen LogP contribution in [0.25, 0.3) is 0 Å². The number of rotatable bonds is 3. The molecule has 1 rings (SSSR count). The molecule has 0 N–H and O–H groups in total. The molecule has 0 spiro atoms. The van der Waals surface area contributed by atoms with Crippen molar-refractivity contribution >= 4 is 5.97 Å². The van der Waals surface area contributed by atoms with E-state index < -0.39 is 0 Å². The first-order valence-corrected chi connectivity index (χ1v) is 4.91. The third-order valence-corrected chi connectivity index (χ3v) is 2.36. The van der Waals surface area contributed by atoms with Gasteiger partial charge in [0, 0.05) is 6.42 Å². The predicted molar refractivity (Wildman–Crippen MR) is 47.8 cm³/mol. The van der Waals surface area contributed by atoms with Crippen LogP contribution in [0.1, 0.15) is 46.0 Å². The van der Waals surface area contributed by atoms with Crippen LogP contribution in [-0.2, 0) is 9.53 Å². The molecule has 1 fully saturated rings. The highest BCUT2D eigenvalue weighted by Gasteiger charge is 2.24. The summed E-state index contributed by atoms with van der Waals surface area (Å²) in [5.41, 5.74) is 0. The van der Waals surface area contributed by atoms with Gasteiger partial charge >= 0.3 is 5.97 Å². The van der Waals surface area contributed by atoms with E-state index in [0.29, 0.717) is 12.3 Å². The van der Waals surface area contributed by atoms with E-state index in [1.807, 2.05) is 0 Å². The maximum atomic E-state index is 11.0. The summed E-state index contributed by atoms with van der Waals surface area (Å²) < 4.78 is 5.22. The third kappa shape index (κ3) is 2.84. The Labute approximate surface area is 74.3 Å². The van der Waals surface area contributed by atoms with Crippen LogP contribution in [0.5, 0.6) is 0 Å². The second kappa shape index (κ2) is 4.48. The zero-order valence-corrected chi connectivity index (χ0v) is 8.01. The van der Waals surface area contributed by atoms with Crippen LogP contribution in [0.2, 0.25) is 0 Å². The van der Waals surface area contributed by atoms with Crippen molar-refractivity contribution < 1.29 is 9.53 Å². The Hall–Kier alpha value is -0.530. The molecular weight excluding hydrogens is 152 g/mol. The molecule has 0 saturated carbocycles. The highest BCUT2D eigenvalue weighted by atomic mass is 16.5. The summed E-state index contributed by atoms with van der Waals surface area (Å²) in [4.78, 5) is 11.0. The third-order valence-electron chi connectivity index (χ3n) is 2.36.